The van der Waals surface area contributed by atoms with E-state index in [9.17, 15) is 24.3 Å². The molecule has 30 heavy (non-hydrogen) atoms. The van der Waals surface area contributed by atoms with E-state index in [-0.39, 0.29) is 77.2 Å². The van der Waals surface area contributed by atoms with E-state index in [4.69, 9.17) is 0 Å². The second-order valence-corrected chi connectivity index (χ2v) is 8.06. The van der Waals surface area contributed by atoms with Gasteiger partial charge in [0.15, 0.2) is 0 Å². The van der Waals surface area contributed by atoms with E-state index in [0.717, 1.165) is 0 Å². The number of rotatable bonds is 6. The van der Waals surface area contributed by atoms with E-state index >= 15 is 0 Å². The zero-order chi connectivity index (χ0) is 20.9. The van der Waals surface area contributed by atoms with Crippen molar-refractivity contribution in [1.29, 1.82) is 0 Å². The summed E-state index contributed by atoms with van der Waals surface area (Å²) in [5.41, 5.74) is 0.575. The Morgan fingerprint density at radius 3 is 2.70 bits per heavy atom. The van der Waals surface area contributed by atoms with Crippen LogP contribution >= 0.6 is 11.8 Å². The van der Waals surface area contributed by atoms with Gasteiger partial charge in [0.25, 0.3) is 5.91 Å². The summed E-state index contributed by atoms with van der Waals surface area (Å²) < 4.78 is 1.33. The topological polar surface area (TPSA) is 151 Å². The van der Waals surface area contributed by atoms with Crippen LogP contribution in [0.3, 0.4) is 0 Å². The Morgan fingerprint density at radius 2 is 2.07 bits per heavy atom. The van der Waals surface area contributed by atoms with Gasteiger partial charge in [0.2, 0.25) is 17.0 Å². The minimum absolute atomic E-state index is 0. The van der Waals surface area contributed by atoms with Gasteiger partial charge in [-0.1, -0.05) is 11.8 Å². The number of β-lactam (4-membered cyclic amide) rings is 1. The molecule has 0 aromatic carbocycles. The molecule has 2 saturated heterocycles. The van der Waals surface area contributed by atoms with E-state index in [1.807, 2.05) is 0 Å². The van der Waals surface area contributed by atoms with Gasteiger partial charge < -0.3 is 15.3 Å². The summed E-state index contributed by atoms with van der Waals surface area (Å²) in [6.45, 7) is 1.80. The molecule has 3 aliphatic rings. The molecule has 3 amide bonds. The van der Waals surface area contributed by atoms with Crippen molar-refractivity contribution < 1.29 is 24.3 Å². The second-order valence-electron chi connectivity index (χ2n) is 7.12. The van der Waals surface area contributed by atoms with Crippen LogP contribution in [-0.4, -0.2) is 120 Å². The summed E-state index contributed by atoms with van der Waals surface area (Å²) in [7, 11) is 1.51. The molecule has 2 N–H and O–H groups in total. The number of aliphatic carboxylic acids is 1. The summed E-state index contributed by atoms with van der Waals surface area (Å²) in [5.74, 6) is -1.71. The van der Waals surface area contributed by atoms with Crippen LogP contribution in [0, 0.1) is 5.92 Å². The van der Waals surface area contributed by atoms with Gasteiger partial charge in [0.1, 0.15) is 18.3 Å². The third kappa shape index (κ3) is 3.63. The van der Waals surface area contributed by atoms with Gasteiger partial charge in [-0.25, -0.2) is 9.48 Å². The predicted octanol–water partition coefficient (Wildman–Crippen LogP) is -2.34. The van der Waals surface area contributed by atoms with Gasteiger partial charge in [-0.3, -0.25) is 19.3 Å². The van der Waals surface area contributed by atoms with Crippen molar-refractivity contribution in [3.63, 3.8) is 0 Å². The standard InChI is InChI=1S/C16H19N7O5S.Na.H/c1-7(24)21-4-8-3-9(12(15(27)28)23-11(8)13(21)14(23)26)6-29-16-18-19-20-22(16)5-10(25)17-2;;/h8,11,13H,3-6H2,1-2H3,(H,17,25)(H,27,28);;/t8-,11-,13+;;/m1../s1. The number of carbonyl (C=O) groups excluding carboxylic acids is 3. The Balaban J connectivity index is 0.00000256. The Kier molecular flexibility index (Phi) is 6.55. The van der Waals surface area contributed by atoms with Gasteiger partial charge in [-0.2, -0.15) is 0 Å². The third-order valence-electron chi connectivity index (χ3n) is 5.50. The molecule has 0 bridgehead atoms. The number of carbonyl (C=O) groups is 4. The van der Waals surface area contributed by atoms with Crippen molar-refractivity contribution in [1.82, 2.24) is 35.3 Å². The molecular weight excluding hydrogens is 425 g/mol. The first-order valence-electron chi connectivity index (χ1n) is 8.98. The van der Waals surface area contributed by atoms with Crippen molar-refractivity contribution in [3.8, 4) is 0 Å². The average Bonchev–Trinajstić information content (AvgIpc) is 3.27. The zero-order valence-electron chi connectivity index (χ0n) is 15.7. The molecule has 4 heterocycles. The number of carboxylic acids is 1. The number of hydrogen-bond acceptors (Lipinski definition) is 8. The number of amides is 3. The van der Waals surface area contributed by atoms with Gasteiger partial charge in [0, 0.05) is 32.2 Å². The van der Waals surface area contributed by atoms with Crippen molar-refractivity contribution in [2.24, 2.45) is 5.92 Å². The Morgan fingerprint density at radius 1 is 1.33 bits per heavy atom. The predicted molar refractivity (Wildman–Crippen MR) is 104 cm³/mol. The van der Waals surface area contributed by atoms with Crippen molar-refractivity contribution in [2.75, 3.05) is 19.3 Å². The maximum atomic E-state index is 12.6. The fourth-order valence-corrected chi connectivity index (χ4v) is 5.16. The summed E-state index contributed by atoms with van der Waals surface area (Å²) in [6.07, 6.45) is 0.473. The molecule has 0 saturated carbocycles. The number of likely N-dealkylation sites (tertiary alicyclic amines) is 1. The van der Waals surface area contributed by atoms with Crippen LogP contribution in [0.4, 0.5) is 0 Å². The van der Waals surface area contributed by atoms with Gasteiger partial charge in [-0.15, -0.1) is 5.10 Å². The number of tetrazole rings is 1. The van der Waals surface area contributed by atoms with E-state index in [1.54, 1.807) is 0 Å². The Bertz CT molecular complexity index is 950. The molecule has 0 radical (unpaired) electrons. The number of nitrogens with one attached hydrogen (secondary N) is 1. The normalized spacial score (nSPS) is 24.2. The molecule has 0 unspecified atom stereocenters. The molecule has 156 valence electrons. The average molecular weight is 445 g/mol. The van der Waals surface area contributed by atoms with Crippen LogP contribution in [0.25, 0.3) is 0 Å². The molecule has 2 fully saturated rings. The van der Waals surface area contributed by atoms with Crippen molar-refractivity contribution in [3.05, 3.63) is 11.3 Å². The van der Waals surface area contributed by atoms with E-state index in [2.05, 4.69) is 20.8 Å². The molecule has 3 aliphatic heterocycles. The molecule has 1 aromatic rings. The first-order chi connectivity index (χ1) is 13.8. The number of likely N-dealkylation sites (N-methyl/N-ethyl adjacent to an activating group) is 1. The fourth-order valence-electron chi connectivity index (χ4n) is 4.25. The summed E-state index contributed by atoms with van der Waals surface area (Å²) in [5, 5.41) is 23.8. The summed E-state index contributed by atoms with van der Waals surface area (Å²) in [6, 6.07) is -0.828. The Labute approximate surface area is 197 Å². The van der Waals surface area contributed by atoms with Crippen LogP contribution in [-0.2, 0) is 25.7 Å². The van der Waals surface area contributed by atoms with E-state index in [0.29, 0.717) is 23.7 Å². The molecule has 3 atom stereocenters. The number of carboxylic acid groups (broad SMARTS) is 1. The van der Waals surface area contributed by atoms with Crippen LogP contribution in [0.1, 0.15) is 13.3 Å². The van der Waals surface area contributed by atoms with Crippen LogP contribution in [0.5, 0.6) is 0 Å². The van der Waals surface area contributed by atoms with Gasteiger partial charge >= 0.3 is 35.5 Å². The van der Waals surface area contributed by atoms with Crippen LogP contribution < -0.4 is 5.32 Å². The molecule has 1 aromatic heterocycles. The van der Waals surface area contributed by atoms with Gasteiger partial charge in [0.05, 0.1) is 6.04 Å². The summed E-state index contributed by atoms with van der Waals surface area (Å²) in [4.78, 5) is 50.8. The third-order valence-corrected chi connectivity index (χ3v) is 6.54. The first kappa shape index (κ1) is 22.7. The zero-order valence-corrected chi connectivity index (χ0v) is 16.5. The molecule has 4 rings (SSSR count). The maximum absolute atomic E-state index is 12.6. The summed E-state index contributed by atoms with van der Waals surface area (Å²) >= 11 is 1.20. The quantitative estimate of drug-likeness (QED) is 0.279. The number of thioether (sulfide) groups is 1. The molecule has 0 spiro atoms. The van der Waals surface area contributed by atoms with Crippen LogP contribution in [0.15, 0.2) is 16.4 Å². The molecule has 14 heteroatoms. The number of nitrogens with zero attached hydrogens (tertiary/aromatic N) is 6. The van der Waals surface area contributed by atoms with Gasteiger partial charge in [-0.05, 0) is 22.4 Å². The monoisotopic (exact) mass is 445 g/mol. The van der Waals surface area contributed by atoms with Crippen molar-refractivity contribution >= 4 is 65.0 Å². The van der Waals surface area contributed by atoms with E-state index in [1.165, 1.54) is 40.2 Å². The Hall–Kier alpha value is -1.96. The van der Waals surface area contributed by atoms with E-state index < -0.39 is 12.0 Å². The number of aromatic nitrogens is 4. The number of hydrogen-bond donors (Lipinski definition) is 2. The first-order valence-corrected chi connectivity index (χ1v) is 9.97. The minimum atomic E-state index is -1.17. The second kappa shape index (κ2) is 8.65. The molecular formula is C16H20N7NaO5S. The molecule has 0 aliphatic carbocycles. The SMILES string of the molecule is CNC(=O)Cn1nnnc1SCC1=C(C(=O)O)N2C(=O)[C@@H]3[C@H]2[C@H](C1)CN3C(C)=O.[NaH]. The molecule has 12 nitrogen and oxygen atoms in total. The fraction of sp³-hybridized carbons (Fsp3) is 0.562. The van der Waals surface area contributed by atoms with Crippen LogP contribution in [0.2, 0.25) is 0 Å². The van der Waals surface area contributed by atoms with Crippen molar-refractivity contribution in [2.45, 2.75) is 37.1 Å².